The van der Waals surface area contributed by atoms with Gasteiger partial charge < -0.3 is 9.30 Å². The molecule has 0 radical (unpaired) electrons. The van der Waals surface area contributed by atoms with Crippen LogP contribution in [0.4, 0.5) is 4.39 Å². The van der Waals surface area contributed by atoms with Crippen molar-refractivity contribution in [2.24, 2.45) is 4.99 Å². The quantitative estimate of drug-likeness (QED) is 0.656. The van der Waals surface area contributed by atoms with Gasteiger partial charge in [0.15, 0.2) is 4.80 Å². The number of amides is 1. The first-order chi connectivity index (χ1) is 12.0. The van der Waals surface area contributed by atoms with E-state index in [4.69, 9.17) is 16.3 Å². The summed E-state index contributed by atoms with van der Waals surface area (Å²) < 4.78 is 20.1. The van der Waals surface area contributed by atoms with Crippen molar-refractivity contribution < 1.29 is 18.7 Å². The van der Waals surface area contributed by atoms with Crippen molar-refractivity contribution in [3.8, 4) is 0 Å². The first kappa shape index (κ1) is 17.3. The van der Waals surface area contributed by atoms with Gasteiger partial charge in [-0.05, 0) is 42.5 Å². The highest BCUT2D eigenvalue weighted by atomic mass is 35.5. The van der Waals surface area contributed by atoms with E-state index in [1.807, 2.05) is 0 Å². The summed E-state index contributed by atoms with van der Waals surface area (Å²) in [6.07, 6.45) is 0. The van der Waals surface area contributed by atoms with E-state index in [9.17, 15) is 14.0 Å². The minimum absolute atomic E-state index is 0.0896. The van der Waals surface area contributed by atoms with Crippen LogP contribution in [-0.4, -0.2) is 23.6 Å². The van der Waals surface area contributed by atoms with Crippen molar-refractivity contribution in [2.45, 2.75) is 6.54 Å². The molecule has 0 bridgehead atoms. The van der Waals surface area contributed by atoms with Crippen molar-refractivity contribution in [1.82, 2.24) is 4.57 Å². The molecule has 3 rings (SSSR count). The molecule has 0 fully saturated rings. The van der Waals surface area contributed by atoms with E-state index < -0.39 is 17.7 Å². The first-order valence-electron chi connectivity index (χ1n) is 7.18. The average molecular weight is 379 g/mol. The Morgan fingerprint density at radius 3 is 2.64 bits per heavy atom. The number of rotatable bonds is 3. The van der Waals surface area contributed by atoms with Gasteiger partial charge in [0.25, 0.3) is 5.91 Å². The summed E-state index contributed by atoms with van der Waals surface area (Å²) in [5, 5.41) is 0.537. The maximum absolute atomic E-state index is 13.0. The van der Waals surface area contributed by atoms with E-state index in [-0.39, 0.29) is 12.1 Å². The molecule has 0 aliphatic rings. The molecule has 25 heavy (non-hydrogen) atoms. The van der Waals surface area contributed by atoms with Gasteiger partial charge in [0.05, 0.1) is 17.3 Å². The van der Waals surface area contributed by atoms with E-state index in [2.05, 4.69) is 4.99 Å². The van der Waals surface area contributed by atoms with E-state index in [1.54, 1.807) is 22.8 Å². The topological polar surface area (TPSA) is 60.7 Å². The standard InChI is InChI=1S/C17H12ClFN2O3S/c1-24-15(22)9-21-13-7-4-11(18)8-14(13)25-17(21)20-16(23)10-2-5-12(19)6-3-10/h2-8H,9H2,1H3. The molecule has 0 N–H and O–H groups in total. The lowest BCUT2D eigenvalue weighted by Crippen LogP contribution is -2.22. The van der Waals surface area contributed by atoms with Crippen LogP contribution in [0, 0.1) is 5.82 Å². The molecule has 1 aromatic heterocycles. The number of carbonyl (C=O) groups excluding carboxylic acids is 2. The fraction of sp³-hybridized carbons (Fsp3) is 0.118. The monoisotopic (exact) mass is 378 g/mol. The Morgan fingerprint density at radius 2 is 1.96 bits per heavy atom. The third-order valence-electron chi connectivity index (χ3n) is 3.45. The molecule has 0 aliphatic carbocycles. The van der Waals surface area contributed by atoms with Crippen LogP contribution >= 0.6 is 22.9 Å². The summed E-state index contributed by atoms with van der Waals surface area (Å²) in [4.78, 5) is 28.5. The molecule has 1 heterocycles. The van der Waals surface area contributed by atoms with Crippen molar-refractivity contribution in [3.05, 3.63) is 63.7 Å². The number of benzene rings is 2. The fourth-order valence-corrected chi connectivity index (χ4v) is 3.53. The number of esters is 1. The number of halogens is 2. The van der Waals surface area contributed by atoms with Crippen LogP contribution in [0.1, 0.15) is 10.4 Å². The van der Waals surface area contributed by atoms with Crippen LogP contribution in [0.2, 0.25) is 5.02 Å². The van der Waals surface area contributed by atoms with E-state index >= 15 is 0 Å². The van der Waals surface area contributed by atoms with Crippen LogP contribution in [0.25, 0.3) is 10.2 Å². The number of fused-ring (bicyclic) bond motifs is 1. The zero-order valence-corrected chi connectivity index (χ0v) is 14.6. The summed E-state index contributed by atoms with van der Waals surface area (Å²) in [7, 11) is 1.29. The van der Waals surface area contributed by atoms with Crippen LogP contribution in [0.15, 0.2) is 47.5 Å². The summed E-state index contributed by atoms with van der Waals surface area (Å²) in [5.74, 6) is -1.43. The first-order valence-corrected chi connectivity index (χ1v) is 8.37. The zero-order valence-electron chi connectivity index (χ0n) is 13.0. The third kappa shape index (κ3) is 3.78. The summed E-state index contributed by atoms with van der Waals surface area (Å²) in [5.41, 5.74) is 0.965. The number of aromatic nitrogens is 1. The van der Waals surface area contributed by atoms with Gasteiger partial charge in [0.1, 0.15) is 12.4 Å². The van der Waals surface area contributed by atoms with Gasteiger partial charge in [-0.15, -0.1) is 0 Å². The van der Waals surface area contributed by atoms with E-state index in [1.165, 1.54) is 42.7 Å². The smallest absolute Gasteiger partial charge is 0.325 e. The molecule has 3 aromatic rings. The lowest BCUT2D eigenvalue weighted by molar-refractivity contribution is -0.141. The minimum Gasteiger partial charge on any atom is -0.468 e. The SMILES string of the molecule is COC(=O)Cn1c(=NC(=O)c2ccc(F)cc2)sc2cc(Cl)ccc21. The van der Waals surface area contributed by atoms with Crippen molar-refractivity contribution in [1.29, 1.82) is 0 Å². The van der Waals surface area contributed by atoms with Crippen LogP contribution in [0.3, 0.4) is 0 Å². The van der Waals surface area contributed by atoms with Gasteiger partial charge in [-0.25, -0.2) is 4.39 Å². The Kier molecular flexibility index (Phi) is 4.96. The second-order valence-electron chi connectivity index (χ2n) is 5.08. The molecule has 0 spiro atoms. The Hall–Kier alpha value is -2.51. The summed E-state index contributed by atoms with van der Waals surface area (Å²) in [6, 6.07) is 10.3. The molecule has 5 nitrogen and oxygen atoms in total. The molecule has 0 aliphatic heterocycles. The van der Waals surface area contributed by atoms with Gasteiger partial charge in [-0.2, -0.15) is 4.99 Å². The minimum atomic E-state index is -0.531. The van der Waals surface area contributed by atoms with E-state index in [0.29, 0.717) is 15.3 Å². The Morgan fingerprint density at radius 1 is 1.24 bits per heavy atom. The highest BCUT2D eigenvalue weighted by Crippen LogP contribution is 2.22. The van der Waals surface area contributed by atoms with Gasteiger partial charge in [0, 0.05) is 10.6 Å². The van der Waals surface area contributed by atoms with Gasteiger partial charge in [-0.3, -0.25) is 9.59 Å². The summed E-state index contributed by atoms with van der Waals surface area (Å²) in [6.45, 7) is -0.0896. The average Bonchev–Trinajstić information content (AvgIpc) is 2.91. The normalized spacial score (nSPS) is 11.7. The molecular formula is C17H12ClFN2O3S. The third-order valence-corrected chi connectivity index (χ3v) is 4.72. The van der Waals surface area contributed by atoms with Crippen LogP contribution in [-0.2, 0) is 16.1 Å². The zero-order chi connectivity index (χ0) is 18.0. The molecular weight excluding hydrogens is 367 g/mol. The van der Waals surface area contributed by atoms with Crippen molar-refractivity contribution >= 4 is 45.0 Å². The maximum atomic E-state index is 13.0. The fourth-order valence-electron chi connectivity index (χ4n) is 2.22. The number of methoxy groups -OCH3 is 1. The largest absolute Gasteiger partial charge is 0.468 e. The number of ether oxygens (including phenoxy) is 1. The number of hydrogen-bond acceptors (Lipinski definition) is 4. The van der Waals surface area contributed by atoms with Gasteiger partial charge in [0.2, 0.25) is 0 Å². The predicted molar refractivity (Wildman–Crippen MR) is 93.1 cm³/mol. The van der Waals surface area contributed by atoms with E-state index in [0.717, 1.165) is 4.70 Å². The van der Waals surface area contributed by atoms with Crippen molar-refractivity contribution in [3.63, 3.8) is 0 Å². The highest BCUT2D eigenvalue weighted by Gasteiger charge is 2.13. The summed E-state index contributed by atoms with van der Waals surface area (Å²) >= 11 is 7.23. The molecule has 2 aromatic carbocycles. The Balaban J connectivity index is 2.13. The second kappa shape index (κ2) is 7.16. The second-order valence-corrected chi connectivity index (χ2v) is 6.53. The molecule has 0 saturated carbocycles. The molecule has 1 amide bonds. The van der Waals surface area contributed by atoms with Crippen LogP contribution < -0.4 is 4.80 Å². The molecule has 0 unspecified atom stereocenters. The van der Waals surface area contributed by atoms with Gasteiger partial charge >= 0.3 is 5.97 Å². The lowest BCUT2D eigenvalue weighted by atomic mass is 10.2. The molecule has 0 atom stereocenters. The Labute approximate surface area is 151 Å². The molecule has 8 heteroatoms. The number of thiazole rings is 1. The predicted octanol–water partition coefficient (Wildman–Crippen LogP) is 3.41. The van der Waals surface area contributed by atoms with Gasteiger partial charge in [-0.1, -0.05) is 22.9 Å². The maximum Gasteiger partial charge on any atom is 0.325 e. The number of nitrogens with zero attached hydrogens (tertiary/aromatic N) is 2. The number of hydrogen-bond donors (Lipinski definition) is 0. The number of carbonyl (C=O) groups is 2. The highest BCUT2D eigenvalue weighted by molar-refractivity contribution is 7.16. The lowest BCUT2D eigenvalue weighted by Gasteiger charge is -2.03. The molecule has 0 saturated heterocycles. The molecule has 128 valence electrons. The van der Waals surface area contributed by atoms with Crippen molar-refractivity contribution in [2.75, 3.05) is 7.11 Å². The Bertz CT molecular complexity index is 1020. The van der Waals surface area contributed by atoms with Crippen LogP contribution in [0.5, 0.6) is 0 Å².